The summed E-state index contributed by atoms with van der Waals surface area (Å²) < 4.78 is 4.81. The van der Waals surface area contributed by atoms with Crippen molar-refractivity contribution in [1.29, 1.82) is 0 Å². The van der Waals surface area contributed by atoms with Crippen LogP contribution in [0.15, 0.2) is 24.3 Å². The number of esters is 1. The average molecular weight is 261 g/mol. The fraction of sp³-hybridized carbons (Fsp3) is 0.467. The normalized spacial score (nSPS) is 18.3. The van der Waals surface area contributed by atoms with Gasteiger partial charge in [-0.15, -0.1) is 0 Å². The Morgan fingerprint density at radius 3 is 2.68 bits per heavy atom. The molecule has 1 aromatic carbocycles. The molecule has 102 valence electrons. The molecule has 0 atom stereocenters. The van der Waals surface area contributed by atoms with Crippen LogP contribution < -0.4 is 4.90 Å². The Labute approximate surface area is 113 Å². The standard InChI is InChI=1S/C15H19NO3/c1-15(2)9-8-11(17)10-16(15)13-7-5-4-6-12(13)14(18)19-3/h4-7H,8-10H2,1-3H3. The lowest BCUT2D eigenvalue weighted by Gasteiger charge is -2.44. The summed E-state index contributed by atoms with van der Waals surface area (Å²) in [7, 11) is 1.37. The zero-order valence-electron chi connectivity index (χ0n) is 11.6. The number of ether oxygens (including phenoxy) is 1. The SMILES string of the molecule is COC(=O)c1ccccc1N1CC(=O)CCC1(C)C. The maximum Gasteiger partial charge on any atom is 0.339 e. The third-order valence-electron chi connectivity index (χ3n) is 3.68. The van der Waals surface area contributed by atoms with E-state index >= 15 is 0 Å². The molecule has 0 radical (unpaired) electrons. The highest BCUT2D eigenvalue weighted by Crippen LogP contribution is 2.33. The summed E-state index contributed by atoms with van der Waals surface area (Å²) in [4.78, 5) is 25.6. The molecule has 0 bridgehead atoms. The average Bonchev–Trinajstić information content (AvgIpc) is 2.41. The lowest BCUT2D eigenvalue weighted by atomic mass is 9.88. The molecule has 1 fully saturated rings. The van der Waals surface area contributed by atoms with Crippen LogP contribution in [0.1, 0.15) is 37.0 Å². The second kappa shape index (κ2) is 5.03. The minimum Gasteiger partial charge on any atom is -0.465 e. The van der Waals surface area contributed by atoms with Crippen molar-refractivity contribution in [2.24, 2.45) is 0 Å². The van der Waals surface area contributed by atoms with E-state index in [1.54, 1.807) is 12.1 Å². The third-order valence-corrected chi connectivity index (χ3v) is 3.68. The quantitative estimate of drug-likeness (QED) is 0.767. The minimum absolute atomic E-state index is 0.141. The van der Waals surface area contributed by atoms with Crippen molar-refractivity contribution in [1.82, 2.24) is 0 Å². The van der Waals surface area contributed by atoms with Gasteiger partial charge in [0.1, 0.15) is 0 Å². The Hall–Kier alpha value is -1.84. The van der Waals surface area contributed by atoms with Gasteiger partial charge in [0.05, 0.1) is 24.9 Å². The van der Waals surface area contributed by atoms with E-state index in [0.717, 1.165) is 12.1 Å². The lowest BCUT2D eigenvalue weighted by Crippen LogP contribution is -2.51. The molecule has 1 aliphatic rings. The van der Waals surface area contributed by atoms with Crippen molar-refractivity contribution >= 4 is 17.4 Å². The number of methoxy groups -OCH3 is 1. The number of piperidine rings is 1. The zero-order chi connectivity index (χ0) is 14.0. The number of para-hydroxylation sites is 1. The molecular formula is C15H19NO3. The number of ketones is 1. The van der Waals surface area contributed by atoms with Gasteiger partial charge in [-0.3, -0.25) is 4.79 Å². The first kappa shape index (κ1) is 13.6. The van der Waals surface area contributed by atoms with E-state index in [1.807, 2.05) is 17.0 Å². The molecule has 0 saturated carbocycles. The van der Waals surface area contributed by atoms with Crippen LogP contribution >= 0.6 is 0 Å². The molecule has 1 aliphatic heterocycles. The highest BCUT2D eigenvalue weighted by Gasteiger charge is 2.35. The first-order chi connectivity index (χ1) is 8.95. The van der Waals surface area contributed by atoms with Gasteiger partial charge in [-0.25, -0.2) is 4.79 Å². The Bertz CT molecular complexity index is 508. The molecule has 0 amide bonds. The van der Waals surface area contributed by atoms with Crippen molar-refractivity contribution in [3.63, 3.8) is 0 Å². The molecule has 4 nitrogen and oxygen atoms in total. The topological polar surface area (TPSA) is 46.6 Å². The number of hydrogen-bond donors (Lipinski definition) is 0. The molecule has 4 heteroatoms. The van der Waals surface area contributed by atoms with Crippen LogP contribution in [0.5, 0.6) is 0 Å². The lowest BCUT2D eigenvalue weighted by molar-refractivity contribution is -0.119. The number of anilines is 1. The van der Waals surface area contributed by atoms with Crippen molar-refractivity contribution in [3.8, 4) is 0 Å². The van der Waals surface area contributed by atoms with E-state index in [2.05, 4.69) is 13.8 Å². The molecule has 1 saturated heterocycles. The molecule has 0 N–H and O–H groups in total. The molecule has 0 aromatic heterocycles. The van der Waals surface area contributed by atoms with E-state index < -0.39 is 0 Å². The predicted octanol–water partition coefficient (Wildman–Crippen LogP) is 2.42. The summed E-state index contributed by atoms with van der Waals surface area (Å²) in [6, 6.07) is 7.27. The Morgan fingerprint density at radius 1 is 1.32 bits per heavy atom. The zero-order valence-corrected chi connectivity index (χ0v) is 11.6. The maximum atomic E-state index is 11.8. The van der Waals surface area contributed by atoms with E-state index in [-0.39, 0.29) is 17.3 Å². The molecule has 0 aliphatic carbocycles. The van der Waals surface area contributed by atoms with Crippen LogP contribution in [0.2, 0.25) is 0 Å². The van der Waals surface area contributed by atoms with Crippen LogP contribution in [-0.2, 0) is 9.53 Å². The van der Waals surface area contributed by atoms with Gasteiger partial charge in [0.15, 0.2) is 5.78 Å². The van der Waals surface area contributed by atoms with Gasteiger partial charge in [0.2, 0.25) is 0 Å². The minimum atomic E-state index is -0.371. The van der Waals surface area contributed by atoms with E-state index in [4.69, 9.17) is 4.74 Å². The highest BCUT2D eigenvalue weighted by atomic mass is 16.5. The summed E-state index contributed by atoms with van der Waals surface area (Å²) in [6.45, 7) is 4.53. The number of carbonyl (C=O) groups is 2. The Kier molecular flexibility index (Phi) is 3.60. The summed E-state index contributed by atoms with van der Waals surface area (Å²) in [5.74, 6) is -0.164. The van der Waals surface area contributed by atoms with Gasteiger partial charge in [-0.1, -0.05) is 12.1 Å². The second-order valence-electron chi connectivity index (χ2n) is 5.45. The monoisotopic (exact) mass is 261 g/mol. The van der Waals surface area contributed by atoms with Gasteiger partial charge in [0.25, 0.3) is 0 Å². The van der Waals surface area contributed by atoms with Crippen LogP contribution in [0, 0.1) is 0 Å². The van der Waals surface area contributed by atoms with Crippen molar-refractivity contribution in [2.75, 3.05) is 18.6 Å². The molecule has 19 heavy (non-hydrogen) atoms. The maximum absolute atomic E-state index is 11.8. The van der Waals surface area contributed by atoms with Crippen molar-refractivity contribution < 1.29 is 14.3 Å². The fourth-order valence-electron chi connectivity index (χ4n) is 2.45. The van der Waals surface area contributed by atoms with Gasteiger partial charge >= 0.3 is 5.97 Å². The van der Waals surface area contributed by atoms with Crippen LogP contribution in [0.25, 0.3) is 0 Å². The molecule has 0 unspecified atom stereocenters. The number of hydrogen-bond acceptors (Lipinski definition) is 4. The van der Waals surface area contributed by atoms with Gasteiger partial charge in [0, 0.05) is 12.0 Å². The summed E-state index contributed by atoms with van der Waals surface area (Å²) in [5.41, 5.74) is 1.14. The van der Waals surface area contributed by atoms with Crippen LogP contribution in [0.4, 0.5) is 5.69 Å². The van der Waals surface area contributed by atoms with Gasteiger partial charge < -0.3 is 9.64 Å². The van der Waals surface area contributed by atoms with E-state index in [0.29, 0.717) is 18.5 Å². The molecular weight excluding hydrogens is 242 g/mol. The van der Waals surface area contributed by atoms with Gasteiger partial charge in [-0.2, -0.15) is 0 Å². The molecule has 2 rings (SSSR count). The number of benzene rings is 1. The smallest absolute Gasteiger partial charge is 0.339 e. The van der Waals surface area contributed by atoms with Crippen LogP contribution in [0.3, 0.4) is 0 Å². The first-order valence-electron chi connectivity index (χ1n) is 6.42. The molecule has 0 spiro atoms. The third kappa shape index (κ3) is 2.62. The van der Waals surface area contributed by atoms with E-state index in [1.165, 1.54) is 7.11 Å². The molecule has 1 heterocycles. The fourth-order valence-corrected chi connectivity index (χ4v) is 2.45. The molecule has 1 aromatic rings. The summed E-state index contributed by atoms with van der Waals surface area (Å²) >= 11 is 0. The number of carbonyl (C=O) groups excluding carboxylic acids is 2. The number of Topliss-reactive ketones (excluding diaryl/α,β-unsaturated/α-hetero) is 1. The number of nitrogens with zero attached hydrogens (tertiary/aromatic N) is 1. The van der Waals surface area contributed by atoms with Crippen molar-refractivity contribution in [3.05, 3.63) is 29.8 Å². The summed E-state index contributed by atoms with van der Waals surface area (Å²) in [6.07, 6.45) is 1.39. The first-order valence-corrected chi connectivity index (χ1v) is 6.42. The Morgan fingerprint density at radius 2 is 2.00 bits per heavy atom. The predicted molar refractivity (Wildman–Crippen MR) is 73.4 cm³/mol. The van der Waals surface area contributed by atoms with Gasteiger partial charge in [-0.05, 0) is 32.4 Å². The van der Waals surface area contributed by atoms with E-state index in [9.17, 15) is 9.59 Å². The number of rotatable bonds is 2. The highest BCUT2D eigenvalue weighted by molar-refractivity contribution is 5.97. The van der Waals surface area contributed by atoms with Crippen LogP contribution in [-0.4, -0.2) is 30.9 Å². The summed E-state index contributed by atoms with van der Waals surface area (Å²) in [5, 5.41) is 0. The largest absolute Gasteiger partial charge is 0.465 e. The van der Waals surface area contributed by atoms with Crippen molar-refractivity contribution in [2.45, 2.75) is 32.2 Å². The second-order valence-corrected chi connectivity index (χ2v) is 5.45. The Balaban J connectivity index is 2.45.